The van der Waals surface area contributed by atoms with E-state index in [1.807, 2.05) is 12.1 Å². The molecule has 1 aliphatic rings. The number of nitrogens with zero attached hydrogens (tertiary/aromatic N) is 4. The number of aromatic amines is 1. The molecule has 4 aromatic rings. The van der Waals surface area contributed by atoms with Gasteiger partial charge in [-0.3, -0.25) is 4.90 Å². The summed E-state index contributed by atoms with van der Waals surface area (Å²) in [4.78, 5) is 15.5. The molecule has 0 aliphatic carbocycles. The lowest BCUT2D eigenvalue weighted by atomic mass is 10.1. The van der Waals surface area contributed by atoms with Gasteiger partial charge in [-0.15, -0.1) is 11.3 Å². The number of thiophene rings is 1. The number of carbonyl (C=O) groups is 1. The van der Waals surface area contributed by atoms with Gasteiger partial charge in [-0.1, -0.05) is 0 Å². The van der Waals surface area contributed by atoms with E-state index in [1.165, 1.54) is 28.6 Å². The highest BCUT2D eigenvalue weighted by atomic mass is 32.1. The summed E-state index contributed by atoms with van der Waals surface area (Å²) in [6.45, 7) is 1.59. The maximum Gasteiger partial charge on any atom is 0.414 e. The lowest BCUT2D eigenvalue weighted by molar-refractivity contribution is 0.102. The second-order valence-corrected chi connectivity index (χ2v) is 8.43. The van der Waals surface area contributed by atoms with Gasteiger partial charge in [0.2, 0.25) is 0 Å². The van der Waals surface area contributed by atoms with Crippen LogP contribution in [-0.2, 0) is 17.8 Å². The Morgan fingerprint density at radius 3 is 3.00 bits per heavy atom. The maximum atomic E-state index is 14.9. The van der Waals surface area contributed by atoms with Gasteiger partial charge < -0.3 is 19.3 Å². The van der Waals surface area contributed by atoms with Crippen LogP contribution in [-0.4, -0.2) is 45.9 Å². The number of cyclic esters (lactones) is 1. The summed E-state index contributed by atoms with van der Waals surface area (Å²) in [5.74, 6) is -0.102. The molecule has 2 N–H and O–H groups in total. The Labute approximate surface area is 191 Å². The summed E-state index contributed by atoms with van der Waals surface area (Å²) >= 11 is 1.50. The Balaban J connectivity index is 1.20. The molecule has 170 valence electrons. The smallest absolute Gasteiger partial charge is 0.414 e. The Bertz CT molecular complexity index is 1210. The minimum atomic E-state index is -0.549. The van der Waals surface area contributed by atoms with Crippen LogP contribution in [0.3, 0.4) is 0 Å². The number of benzene rings is 1. The first-order valence-corrected chi connectivity index (χ1v) is 10.9. The van der Waals surface area contributed by atoms with Crippen LogP contribution < -0.4 is 15.0 Å². The van der Waals surface area contributed by atoms with Crippen molar-refractivity contribution >= 4 is 23.1 Å². The van der Waals surface area contributed by atoms with Crippen LogP contribution in [0, 0.1) is 5.82 Å². The zero-order valence-corrected chi connectivity index (χ0v) is 18.0. The molecule has 1 fully saturated rings. The van der Waals surface area contributed by atoms with Crippen LogP contribution in [0.4, 0.5) is 14.9 Å². The van der Waals surface area contributed by atoms with Gasteiger partial charge in [0.25, 0.3) is 5.88 Å². The van der Waals surface area contributed by atoms with Gasteiger partial charge >= 0.3 is 6.09 Å². The first-order chi connectivity index (χ1) is 16.2. The fraction of sp³-hybridized carbons (Fsp3) is 0.238. The van der Waals surface area contributed by atoms with E-state index < -0.39 is 18.0 Å². The number of halogens is 1. The highest BCUT2D eigenvalue weighted by Crippen LogP contribution is 2.33. The van der Waals surface area contributed by atoms with E-state index in [0.29, 0.717) is 30.2 Å². The van der Waals surface area contributed by atoms with Crippen LogP contribution in [0.2, 0.25) is 0 Å². The van der Waals surface area contributed by atoms with Crippen molar-refractivity contribution < 1.29 is 23.2 Å². The molecule has 0 radical (unpaired) electrons. The first kappa shape index (κ1) is 21.1. The van der Waals surface area contributed by atoms with Crippen molar-refractivity contribution in [1.29, 1.82) is 0 Å². The standard InChI is InChI=1S/C21H19FN6O4S/c22-18-7-14(28-11-15(32-21(28)29)12-30-20-5-6-31-26-20)1-3-17(18)19-4-2-16(33-19)10-23-8-13-9-24-27-25-13/h1-7,9,15,23H,8,10-12H2,(H,24,25,27)/t15-/m1/s1. The van der Waals surface area contributed by atoms with E-state index >= 15 is 0 Å². The molecule has 1 aliphatic heterocycles. The van der Waals surface area contributed by atoms with Crippen molar-refractivity contribution in [2.24, 2.45) is 0 Å². The monoisotopic (exact) mass is 470 g/mol. The van der Waals surface area contributed by atoms with Crippen molar-refractivity contribution in [2.75, 3.05) is 18.1 Å². The number of rotatable bonds is 9. The fourth-order valence-electron chi connectivity index (χ4n) is 3.39. The summed E-state index contributed by atoms with van der Waals surface area (Å²) < 4.78 is 30.4. The number of anilines is 1. The lowest BCUT2D eigenvalue weighted by Crippen LogP contribution is -2.26. The number of H-pyrrole nitrogens is 1. The van der Waals surface area contributed by atoms with Gasteiger partial charge in [-0.2, -0.15) is 15.4 Å². The van der Waals surface area contributed by atoms with Crippen LogP contribution in [0.1, 0.15) is 10.6 Å². The zero-order chi connectivity index (χ0) is 22.6. The molecule has 1 saturated heterocycles. The second-order valence-electron chi connectivity index (χ2n) is 7.26. The average molecular weight is 470 g/mol. The number of hydrogen-bond acceptors (Lipinski definition) is 9. The largest absolute Gasteiger partial charge is 0.471 e. The molecule has 4 heterocycles. The van der Waals surface area contributed by atoms with E-state index in [2.05, 4.69) is 25.9 Å². The SMILES string of the molecule is O=C1O[C@@H](COc2ccon2)CN1c1ccc(-c2ccc(CNCc3cn[nH]n3)s2)c(F)c1. The molecule has 12 heteroatoms. The minimum Gasteiger partial charge on any atom is -0.471 e. The predicted molar refractivity (Wildman–Crippen MR) is 116 cm³/mol. The van der Waals surface area contributed by atoms with Crippen molar-refractivity contribution in [2.45, 2.75) is 19.2 Å². The molecule has 1 aromatic carbocycles. The van der Waals surface area contributed by atoms with Crippen molar-refractivity contribution in [1.82, 2.24) is 25.9 Å². The van der Waals surface area contributed by atoms with Crippen molar-refractivity contribution in [3.63, 3.8) is 0 Å². The number of nitrogens with one attached hydrogen (secondary N) is 2. The summed E-state index contributed by atoms with van der Waals surface area (Å²) in [6, 6.07) is 10.1. The molecule has 0 bridgehead atoms. The molecule has 3 aromatic heterocycles. The van der Waals surface area contributed by atoms with E-state index in [-0.39, 0.29) is 13.2 Å². The molecular formula is C21H19FN6O4S. The van der Waals surface area contributed by atoms with Crippen LogP contribution in [0.15, 0.2) is 53.4 Å². The number of hydrogen-bond donors (Lipinski definition) is 2. The van der Waals surface area contributed by atoms with E-state index in [9.17, 15) is 9.18 Å². The summed E-state index contributed by atoms with van der Waals surface area (Å²) in [5, 5.41) is 17.2. The van der Waals surface area contributed by atoms with Gasteiger partial charge in [-0.25, -0.2) is 9.18 Å². The van der Waals surface area contributed by atoms with E-state index in [1.54, 1.807) is 24.4 Å². The Morgan fingerprint density at radius 2 is 2.21 bits per heavy atom. The van der Waals surface area contributed by atoms with E-state index in [4.69, 9.17) is 14.0 Å². The minimum absolute atomic E-state index is 0.123. The molecule has 5 rings (SSSR count). The quantitative estimate of drug-likeness (QED) is 0.382. The molecule has 10 nitrogen and oxygen atoms in total. The van der Waals surface area contributed by atoms with Crippen LogP contribution >= 0.6 is 11.3 Å². The van der Waals surface area contributed by atoms with Crippen molar-refractivity contribution in [3.8, 4) is 16.3 Å². The highest BCUT2D eigenvalue weighted by Gasteiger charge is 2.33. The normalized spacial score (nSPS) is 15.7. The number of amides is 1. The van der Waals surface area contributed by atoms with Gasteiger partial charge in [0.15, 0.2) is 6.10 Å². The van der Waals surface area contributed by atoms with Gasteiger partial charge in [0.05, 0.1) is 24.1 Å². The third kappa shape index (κ3) is 4.86. The summed E-state index contributed by atoms with van der Waals surface area (Å²) in [7, 11) is 0. The Hall–Kier alpha value is -3.77. The number of aromatic nitrogens is 4. The van der Waals surface area contributed by atoms with Crippen LogP contribution in [0.5, 0.6) is 5.88 Å². The Morgan fingerprint density at radius 1 is 1.27 bits per heavy atom. The lowest BCUT2D eigenvalue weighted by Gasteiger charge is -2.14. The van der Waals surface area contributed by atoms with Gasteiger partial charge in [0, 0.05) is 34.5 Å². The topological polar surface area (TPSA) is 118 Å². The predicted octanol–water partition coefficient (Wildman–Crippen LogP) is 3.35. The Kier molecular flexibility index (Phi) is 6.00. The van der Waals surface area contributed by atoms with Crippen molar-refractivity contribution in [3.05, 3.63) is 65.2 Å². The number of carbonyl (C=O) groups excluding carboxylic acids is 1. The molecule has 1 atom stereocenters. The molecular weight excluding hydrogens is 451 g/mol. The van der Waals surface area contributed by atoms with Gasteiger partial charge in [0.1, 0.15) is 18.7 Å². The third-order valence-corrected chi connectivity index (χ3v) is 6.09. The second kappa shape index (κ2) is 9.38. The highest BCUT2D eigenvalue weighted by molar-refractivity contribution is 7.15. The molecule has 0 saturated carbocycles. The third-order valence-electron chi connectivity index (χ3n) is 4.97. The maximum absolute atomic E-state index is 14.9. The summed E-state index contributed by atoms with van der Waals surface area (Å²) in [5.41, 5.74) is 1.72. The number of ether oxygens (including phenoxy) is 2. The first-order valence-electron chi connectivity index (χ1n) is 10.1. The molecule has 1 amide bonds. The molecule has 0 spiro atoms. The van der Waals surface area contributed by atoms with E-state index in [0.717, 1.165) is 15.4 Å². The fourth-order valence-corrected chi connectivity index (χ4v) is 4.39. The zero-order valence-electron chi connectivity index (χ0n) is 17.2. The summed E-state index contributed by atoms with van der Waals surface area (Å²) in [6.07, 6.45) is 2.00. The van der Waals surface area contributed by atoms with Gasteiger partial charge in [-0.05, 0) is 35.5 Å². The average Bonchev–Trinajstić information content (AvgIpc) is 3.61. The van der Waals surface area contributed by atoms with Crippen LogP contribution in [0.25, 0.3) is 10.4 Å². The molecule has 33 heavy (non-hydrogen) atoms. The molecule has 0 unspecified atom stereocenters.